The lowest BCUT2D eigenvalue weighted by atomic mass is 10.1. The molecule has 0 aliphatic carbocycles. The summed E-state index contributed by atoms with van der Waals surface area (Å²) in [6.45, 7) is 2.77. The van der Waals surface area contributed by atoms with Gasteiger partial charge in [0.25, 0.3) is 5.56 Å². The third kappa shape index (κ3) is 2.93. The van der Waals surface area contributed by atoms with Crippen molar-refractivity contribution >= 4 is 0 Å². The van der Waals surface area contributed by atoms with Crippen LogP contribution in [0.4, 0.5) is 0 Å². The Morgan fingerprint density at radius 1 is 1.29 bits per heavy atom. The quantitative estimate of drug-likeness (QED) is 0.876. The fraction of sp³-hybridized carbons (Fsp3) is 0.231. The van der Waals surface area contributed by atoms with E-state index in [1.165, 1.54) is 12.4 Å². The molecule has 0 spiro atoms. The van der Waals surface area contributed by atoms with Crippen molar-refractivity contribution in [2.45, 2.75) is 13.3 Å². The maximum absolute atomic E-state index is 11.2. The number of hydrogen-bond acceptors (Lipinski definition) is 3. The van der Waals surface area contributed by atoms with Crippen molar-refractivity contribution in [2.75, 3.05) is 6.61 Å². The van der Waals surface area contributed by atoms with Gasteiger partial charge in [0, 0.05) is 11.6 Å². The Balaban J connectivity index is 2.20. The van der Waals surface area contributed by atoms with Gasteiger partial charge in [-0.2, -0.15) is 0 Å². The molecular formula is C13H14N2O2. The highest BCUT2D eigenvalue weighted by molar-refractivity contribution is 5.59. The van der Waals surface area contributed by atoms with Crippen LogP contribution in [0.5, 0.6) is 5.75 Å². The Morgan fingerprint density at radius 3 is 2.71 bits per heavy atom. The summed E-state index contributed by atoms with van der Waals surface area (Å²) < 4.78 is 5.48. The summed E-state index contributed by atoms with van der Waals surface area (Å²) in [7, 11) is 0. The first-order valence-corrected chi connectivity index (χ1v) is 5.57. The predicted molar refractivity (Wildman–Crippen MR) is 66.1 cm³/mol. The molecule has 0 unspecified atom stereocenters. The average molecular weight is 230 g/mol. The molecule has 2 rings (SSSR count). The van der Waals surface area contributed by atoms with Crippen LogP contribution in [-0.2, 0) is 0 Å². The Morgan fingerprint density at radius 2 is 2.06 bits per heavy atom. The Bertz CT molecular complexity index is 532. The molecule has 0 aliphatic rings. The topological polar surface area (TPSA) is 55.0 Å². The number of benzene rings is 1. The summed E-state index contributed by atoms with van der Waals surface area (Å²) in [6.07, 6.45) is 2.39. The second-order valence-corrected chi connectivity index (χ2v) is 3.67. The van der Waals surface area contributed by atoms with Gasteiger partial charge >= 0.3 is 0 Å². The van der Waals surface area contributed by atoms with Gasteiger partial charge in [-0.3, -0.25) is 4.79 Å². The van der Waals surface area contributed by atoms with Crippen LogP contribution in [0, 0.1) is 0 Å². The van der Waals surface area contributed by atoms with Crippen LogP contribution in [0.15, 0.2) is 41.5 Å². The maximum Gasteiger partial charge on any atom is 0.251 e. The van der Waals surface area contributed by atoms with Gasteiger partial charge in [0.2, 0.25) is 0 Å². The first kappa shape index (κ1) is 11.4. The van der Waals surface area contributed by atoms with Gasteiger partial charge in [-0.1, -0.05) is 6.92 Å². The second kappa shape index (κ2) is 5.30. The highest BCUT2D eigenvalue weighted by Crippen LogP contribution is 2.19. The number of aromatic amines is 1. The fourth-order valence-corrected chi connectivity index (χ4v) is 1.47. The normalized spacial score (nSPS) is 10.2. The van der Waals surface area contributed by atoms with Gasteiger partial charge in [0.05, 0.1) is 18.6 Å². The van der Waals surface area contributed by atoms with E-state index < -0.39 is 0 Å². The summed E-state index contributed by atoms with van der Waals surface area (Å²) in [5.74, 6) is 0.834. The molecule has 1 aromatic carbocycles. The number of nitrogens with one attached hydrogen (secondary N) is 1. The van der Waals surface area contributed by atoms with Crippen LogP contribution >= 0.6 is 0 Å². The zero-order valence-corrected chi connectivity index (χ0v) is 9.64. The Hall–Kier alpha value is -2.10. The highest BCUT2D eigenvalue weighted by Gasteiger charge is 2.00. The first-order valence-electron chi connectivity index (χ1n) is 5.57. The number of H-pyrrole nitrogens is 1. The molecule has 4 nitrogen and oxygen atoms in total. The van der Waals surface area contributed by atoms with Gasteiger partial charge in [0.1, 0.15) is 5.75 Å². The molecule has 0 bridgehead atoms. The van der Waals surface area contributed by atoms with Gasteiger partial charge in [0.15, 0.2) is 0 Å². The molecule has 0 amide bonds. The van der Waals surface area contributed by atoms with E-state index in [2.05, 4.69) is 16.9 Å². The molecule has 1 aromatic heterocycles. The molecule has 4 heteroatoms. The number of hydrogen-bond donors (Lipinski definition) is 1. The molecule has 17 heavy (non-hydrogen) atoms. The van der Waals surface area contributed by atoms with E-state index in [9.17, 15) is 4.79 Å². The first-order chi connectivity index (χ1) is 8.29. The molecular weight excluding hydrogens is 216 g/mol. The number of rotatable bonds is 4. The van der Waals surface area contributed by atoms with Crippen molar-refractivity contribution in [1.29, 1.82) is 0 Å². The molecule has 88 valence electrons. The van der Waals surface area contributed by atoms with Crippen LogP contribution in [-0.4, -0.2) is 16.6 Å². The summed E-state index contributed by atoms with van der Waals surface area (Å²) in [5.41, 5.74) is 1.41. The lowest BCUT2D eigenvalue weighted by molar-refractivity contribution is 0.317. The third-order valence-electron chi connectivity index (χ3n) is 2.30. The van der Waals surface area contributed by atoms with Crippen molar-refractivity contribution in [3.63, 3.8) is 0 Å². The molecule has 0 saturated carbocycles. The molecule has 0 saturated heterocycles. The van der Waals surface area contributed by atoms with Crippen LogP contribution in [0.2, 0.25) is 0 Å². The van der Waals surface area contributed by atoms with E-state index in [1.807, 2.05) is 24.3 Å². The van der Waals surface area contributed by atoms with E-state index in [4.69, 9.17) is 4.74 Å². The zero-order chi connectivity index (χ0) is 12.1. The Kier molecular flexibility index (Phi) is 3.55. The van der Waals surface area contributed by atoms with E-state index in [1.54, 1.807) is 0 Å². The van der Waals surface area contributed by atoms with Crippen LogP contribution < -0.4 is 10.3 Å². The Labute approximate surface area is 99.3 Å². The standard InChI is InChI=1S/C13H14N2O2/c1-2-7-17-11-5-3-10(4-6-11)12-8-13(16)15-9-14-12/h3-6,8-9H,2,7H2,1H3,(H,14,15,16). The van der Waals surface area contributed by atoms with E-state index >= 15 is 0 Å². The molecule has 0 aliphatic heterocycles. The van der Waals surface area contributed by atoms with E-state index in [-0.39, 0.29) is 5.56 Å². The summed E-state index contributed by atoms with van der Waals surface area (Å²) in [5, 5.41) is 0. The number of aromatic nitrogens is 2. The van der Waals surface area contributed by atoms with Crippen LogP contribution in [0.1, 0.15) is 13.3 Å². The van der Waals surface area contributed by atoms with Gasteiger partial charge in [-0.25, -0.2) is 4.98 Å². The van der Waals surface area contributed by atoms with Gasteiger partial charge in [-0.05, 0) is 30.7 Å². The summed E-state index contributed by atoms with van der Waals surface area (Å²) in [6, 6.07) is 9.03. The number of nitrogens with zero attached hydrogens (tertiary/aromatic N) is 1. The molecule has 1 N–H and O–H groups in total. The summed E-state index contributed by atoms with van der Waals surface area (Å²) in [4.78, 5) is 17.7. The second-order valence-electron chi connectivity index (χ2n) is 3.67. The third-order valence-corrected chi connectivity index (χ3v) is 2.30. The van der Waals surface area contributed by atoms with Crippen molar-refractivity contribution in [1.82, 2.24) is 9.97 Å². The molecule has 0 fully saturated rings. The minimum Gasteiger partial charge on any atom is -0.494 e. The van der Waals surface area contributed by atoms with Crippen molar-refractivity contribution in [3.05, 3.63) is 47.0 Å². The zero-order valence-electron chi connectivity index (χ0n) is 9.64. The molecule has 1 heterocycles. The highest BCUT2D eigenvalue weighted by atomic mass is 16.5. The van der Waals surface area contributed by atoms with Crippen molar-refractivity contribution in [2.24, 2.45) is 0 Å². The largest absolute Gasteiger partial charge is 0.494 e. The lowest BCUT2D eigenvalue weighted by Gasteiger charge is -2.05. The average Bonchev–Trinajstić information content (AvgIpc) is 2.37. The van der Waals surface area contributed by atoms with Gasteiger partial charge < -0.3 is 9.72 Å². The molecule has 0 atom stereocenters. The fourth-order valence-electron chi connectivity index (χ4n) is 1.47. The minimum atomic E-state index is -0.152. The van der Waals surface area contributed by atoms with Crippen molar-refractivity contribution < 1.29 is 4.74 Å². The maximum atomic E-state index is 11.2. The lowest BCUT2D eigenvalue weighted by Crippen LogP contribution is -2.04. The smallest absolute Gasteiger partial charge is 0.251 e. The molecule has 2 aromatic rings. The molecule has 0 radical (unpaired) electrons. The minimum absolute atomic E-state index is 0.152. The van der Waals surface area contributed by atoms with E-state index in [0.717, 1.165) is 17.7 Å². The number of ether oxygens (including phenoxy) is 1. The van der Waals surface area contributed by atoms with Crippen LogP contribution in [0.3, 0.4) is 0 Å². The summed E-state index contributed by atoms with van der Waals surface area (Å²) >= 11 is 0. The van der Waals surface area contributed by atoms with Crippen molar-refractivity contribution in [3.8, 4) is 17.0 Å². The van der Waals surface area contributed by atoms with Crippen LogP contribution in [0.25, 0.3) is 11.3 Å². The van der Waals surface area contributed by atoms with E-state index in [0.29, 0.717) is 12.3 Å². The monoisotopic (exact) mass is 230 g/mol. The van der Waals surface area contributed by atoms with Gasteiger partial charge in [-0.15, -0.1) is 0 Å². The predicted octanol–water partition coefficient (Wildman–Crippen LogP) is 2.23. The SMILES string of the molecule is CCCOc1ccc(-c2cc(=O)[nH]cn2)cc1.